The summed E-state index contributed by atoms with van der Waals surface area (Å²) in [5.74, 6) is -0.154. The van der Waals surface area contributed by atoms with E-state index in [0.29, 0.717) is 18.8 Å². The quantitative estimate of drug-likeness (QED) is 0.706. The van der Waals surface area contributed by atoms with Gasteiger partial charge in [0.05, 0.1) is 0 Å². The van der Waals surface area contributed by atoms with E-state index in [2.05, 4.69) is 22.2 Å². The maximum Gasteiger partial charge on any atom is 0.269 e. The smallest absolute Gasteiger partial charge is 0.269 e. The van der Waals surface area contributed by atoms with Crippen molar-refractivity contribution >= 4 is 11.6 Å². The van der Waals surface area contributed by atoms with Crippen LogP contribution in [0.4, 0.5) is 5.69 Å². The van der Waals surface area contributed by atoms with E-state index in [0.717, 1.165) is 12.2 Å². The van der Waals surface area contributed by atoms with Gasteiger partial charge in [-0.25, -0.2) is 0 Å². The number of rotatable bonds is 7. The number of nitrogens with zero attached hydrogens (tertiary/aromatic N) is 2. The Morgan fingerprint density at radius 1 is 1.56 bits per heavy atom. The van der Waals surface area contributed by atoms with Gasteiger partial charge < -0.3 is 15.5 Å². The van der Waals surface area contributed by atoms with Crippen LogP contribution in [0.1, 0.15) is 10.5 Å². The highest BCUT2D eigenvalue weighted by atomic mass is 16.1. The topological polar surface area (TPSA) is 57.3 Å². The molecule has 1 aromatic heterocycles. The van der Waals surface area contributed by atoms with Crippen LogP contribution in [0.5, 0.6) is 0 Å². The number of likely N-dealkylation sites (N-methyl/N-ethyl adjacent to an activating group) is 1. The fourth-order valence-electron chi connectivity index (χ4n) is 1.34. The molecule has 98 valence electrons. The van der Waals surface area contributed by atoms with Crippen LogP contribution in [-0.4, -0.2) is 49.5 Å². The van der Waals surface area contributed by atoms with E-state index in [1.165, 1.54) is 0 Å². The average molecular weight is 248 g/mol. The third kappa shape index (κ3) is 4.97. The molecule has 0 saturated carbocycles. The Balaban J connectivity index is 2.54. The van der Waals surface area contributed by atoms with Crippen LogP contribution in [0.15, 0.2) is 31.0 Å². The highest BCUT2D eigenvalue weighted by Crippen LogP contribution is 2.07. The number of carbonyl (C=O) groups excluding carboxylic acids is 1. The Hall–Kier alpha value is -1.88. The van der Waals surface area contributed by atoms with Gasteiger partial charge in [0.1, 0.15) is 5.69 Å². The molecule has 5 heteroatoms. The molecule has 0 aromatic carbocycles. The zero-order valence-electron chi connectivity index (χ0n) is 10.9. The van der Waals surface area contributed by atoms with Gasteiger partial charge in [-0.15, -0.1) is 6.58 Å². The minimum absolute atomic E-state index is 0.154. The second-order valence-corrected chi connectivity index (χ2v) is 4.16. The van der Waals surface area contributed by atoms with Crippen LogP contribution in [-0.2, 0) is 0 Å². The molecule has 1 amide bonds. The molecule has 0 aliphatic heterocycles. The molecule has 1 aromatic rings. The Morgan fingerprint density at radius 2 is 2.33 bits per heavy atom. The molecule has 0 bridgehead atoms. The molecule has 0 unspecified atom stereocenters. The van der Waals surface area contributed by atoms with Crippen molar-refractivity contribution in [2.45, 2.75) is 0 Å². The monoisotopic (exact) mass is 248 g/mol. The molecular formula is C13H20N4O. The molecule has 18 heavy (non-hydrogen) atoms. The van der Waals surface area contributed by atoms with Crippen molar-refractivity contribution in [3.63, 3.8) is 0 Å². The van der Waals surface area contributed by atoms with E-state index in [-0.39, 0.29) is 5.91 Å². The minimum atomic E-state index is -0.154. The highest BCUT2D eigenvalue weighted by Gasteiger charge is 2.06. The van der Waals surface area contributed by atoms with Gasteiger partial charge in [-0.1, -0.05) is 6.08 Å². The molecule has 1 heterocycles. The number of carbonyl (C=O) groups is 1. The summed E-state index contributed by atoms with van der Waals surface area (Å²) in [5, 5.41) is 5.94. The first-order valence-electron chi connectivity index (χ1n) is 5.87. The predicted molar refractivity (Wildman–Crippen MR) is 73.8 cm³/mol. The van der Waals surface area contributed by atoms with Gasteiger partial charge in [-0.2, -0.15) is 0 Å². The highest BCUT2D eigenvalue weighted by molar-refractivity contribution is 5.93. The van der Waals surface area contributed by atoms with Gasteiger partial charge in [-0.05, 0) is 26.2 Å². The number of pyridine rings is 1. The van der Waals surface area contributed by atoms with Crippen molar-refractivity contribution in [1.29, 1.82) is 0 Å². The van der Waals surface area contributed by atoms with Crippen LogP contribution in [0.3, 0.4) is 0 Å². The van der Waals surface area contributed by atoms with Crippen molar-refractivity contribution in [2.75, 3.05) is 39.0 Å². The van der Waals surface area contributed by atoms with E-state index in [1.54, 1.807) is 18.3 Å². The predicted octanol–water partition coefficient (Wildman–Crippen LogP) is 0.971. The van der Waals surface area contributed by atoms with Gasteiger partial charge in [0.15, 0.2) is 0 Å². The molecule has 0 radical (unpaired) electrons. The Bertz CT molecular complexity index is 404. The van der Waals surface area contributed by atoms with Crippen molar-refractivity contribution in [3.8, 4) is 0 Å². The van der Waals surface area contributed by atoms with Crippen molar-refractivity contribution in [3.05, 3.63) is 36.7 Å². The van der Waals surface area contributed by atoms with Gasteiger partial charge in [0.25, 0.3) is 5.91 Å². The van der Waals surface area contributed by atoms with Crippen LogP contribution in [0.2, 0.25) is 0 Å². The fourth-order valence-corrected chi connectivity index (χ4v) is 1.34. The molecule has 0 fully saturated rings. The summed E-state index contributed by atoms with van der Waals surface area (Å²) in [4.78, 5) is 17.9. The van der Waals surface area contributed by atoms with Gasteiger partial charge >= 0.3 is 0 Å². The first-order chi connectivity index (χ1) is 8.63. The molecule has 1 rings (SSSR count). The first-order valence-corrected chi connectivity index (χ1v) is 5.87. The SMILES string of the molecule is C=CCNc1ccnc(C(=O)NCCN(C)C)c1. The third-order valence-electron chi connectivity index (χ3n) is 2.29. The molecule has 5 nitrogen and oxygen atoms in total. The fraction of sp³-hybridized carbons (Fsp3) is 0.385. The molecule has 0 atom stereocenters. The van der Waals surface area contributed by atoms with Crippen LogP contribution in [0.25, 0.3) is 0 Å². The normalized spacial score (nSPS) is 10.2. The van der Waals surface area contributed by atoms with Crippen LogP contribution >= 0.6 is 0 Å². The summed E-state index contributed by atoms with van der Waals surface area (Å²) in [7, 11) is 3.93. The first kappa shape index (κ1) is 14.2. The Kier molecular flexibility index (Phi) is 5.87. The summed E-state index contributed by atoms with van der Waals surface area (Å²) >= 11 is 0. The van der Waals surface area contributed by atoms with Crippen molar-refractivity contribution in [2.24, 2.45) is 0 Å². The lowest BCUT2D eigenvalue weighted by molar-refractivity contribution is 0.0946. The number of anilines is 1. The molecular weight excluding hydrogens is 228 g/mol. The second kappa shape index (κ2) is 7.45. The standard InChI is InChI=1S/C13H20N4O/c1-4-6-14-11-5-7-15-12(10-11)13(18)16-8-9-17(2)3/h4-5,7,10H,1,6,8-9H2,2-3H3,(H,14,15)(H,16,18). The zero-order chi connectivity index (χ0) is 13.4. The maximum absolute atomic E-state index is 11.8. The summed E-state index contributed by atoms with van der Waals surface area (Å²) in [6.45, 7) is 5.70. The lowest BCUT2D eigenvalue weighted by Crippen LogP contribution is -2.31. The van der Waals surface area contributed by atoms with Crippen molar-refractivity contribution in [1.82, 2.24) is 15.2 Å². The van der Waals surface area contributed by atoms with Gasteiger partial charge in [-0.3, -0.25) is 9.78 Å². The van der Waals surface area contributed by atoms with E-state index < -0.39 is 0 Å². The van der Waals surface area contributed by atoms with Gasteiger partial charge in [0.2, 0.25) is 0 Å². The van der Waals surface area contributed by atoms with Crippen molar-refractivity contribution < 1.29 is 4.79 Å². The van der Waals surface area contributed by atoms with E-state index in [4.69, 9.17) is 0 Å². The maximum atomic E-state index is 11.8. The molecule has 0 aliphatic rings. The average Bonchev–Trinajstić information content (AvgIpc) is 2.36. The molecule has 0 aliphatic carbocycles. The number of nitrogens with one attached hydrogen (secondary N) is 2. The Labute approximate surface area is 108 Å². The number of aromatic nitrogens is 1. The zero-order valence-corrected chi connectivity index (χ0v) is 10.9. The number of hydrogen-bond donors (Lipinski definition) is 2. The lowest BCUT2D eigenvalue weighted by Gasteiger charge is -2.10. The van der Waals surface area contributed by atoms with E-state index >= 15 is 0 Å². The largest absolute Gasteiger partial charge is 0.381 e. The Morgan fingerprint density at radius 3 is 3.00 bits per heavy atom. The summed E-state index contributed by atoms with van der Waals surface area (Å²) in [6, 6.07) is 3.55. The number of amides is 1. The summed E-state index contributed by atoms with van der Waals surface area (Å²) < 4.78 is 0. The minimum Gasteiger partial charge on any atom is -0.381 e. The number of hydrogen-bond acceptors (Lipinski definition) is 4. The van der Waals surface area contributed by atoms with E-state index in [9.17, 15) is 4.79 Å². The van der Waals surface area contributed by atoms with Crippen LogP contribution < -0.4 is 10.6 Å². The molecule has 0 saturated heterocycles. The van der Waals surface area contributed by atoms with Crippen LogP contribution in [0, 0.1) is 0 Å². The summed E-state index contributed by atoms with van der Waals surface area (Å²) in [6.07, 6.45) is 3.38. The lowest BCUT2D eigenvalue weighted by atomic mass is 10.3. The molecule has 0 spiro atoms. The molecule has 2 N–H and O–H groups in total. The van der Waals surface area contributed by atoms with E-state index in [1.807, 2.05) is 25.1 Å². The van der Waals surface area contributed by atoms with Gasteiger partial charge in [0, 0.05) is 31.5 Å². The summed E-state index contributed by atoms with van der Waals surface area (Å²) in [5.41, 5.74) is 1.28. The third-order valence-corrected chi connectivity index (χ3v) is 2.29. The second-order valence-electron chi connectivity index (χ2n) is 4.16.